The van der Waals surface area contributed by atoms with Gasteiger partial charge in [0.15, 0.2) is 0 Å². The molecule has 0 unspecified atom stereocenters. The topological polar surface area (TPSA) is 9.72 Å². The predicted octanol–water partition coefficient (Wildman–Crippen LogP) is 0.224. The summed E-state index contributed by atoms with van der Waals surface area (Å²) in [6.07, 6.45) is 1.18. The quantitative estimate of drug-likeness (QED) is 0.578. The summed E-state index contributed by atoms with van der Waals surface area (Å²) >= 11 is 0. The van der Waals surface area contributed by atoms with Crippen LogP contribution in [0.5, 0.6) is 0 Å². The van der Waals surface area contributed by atoms with Crippen LogP contribution in [0.2, 0.25) is 0 Å². The van der Waals surface area contributed by atoms with Gasteiger partial charge in [-0.05, 0) is 33.6 Å². The van der Waals surface area contributed by atoms with E-state index in [1.54, 1.807) is 4.90 Å². The number of likely N-dealkylation sites (N-methyl/N-ethyl adjacent to an activating group) is 1. The SMILES string of the molecule is [CH]N(C)CCCN1CCN(C)CC1. The summed E-state index contributed by atoms with van der Waals surface area (Å²) in [5.41, 5.74) is 0. The molecule has 0 amide bonds. The number of hydrogen-bond acceptors (Lipinski definition) is 3. The average Bonchev–Trinajstić information content (AvgIpc) is 2.08. The first-order valence-corrected chi connectivity index (χ1v) is 5.05. The summed E-state index contributed by atoms with van der Waals surface area (Å²) in [6, 6.07) is 0. The van der Waals surface area contributed by atoms with E-state index >= 15 is 0 Å². The molecular formula is C10H21N3. The van der Waals surface area contributed by atoms with Gasteiger partial charge in [-0.25, -0.2) is 0 Å². The van der Waals surface area contributed by atoms with Gasteiger partial charge in [0.05, 0.1) is 0 Å². The van der Waals surface area contributed by atoms with E-state index in [1.807, 2.05) is 7.05 Å². The summed E-state index contributed by atoms with van der Waals surface area (Å²) in [5, 5.41) is 0. The summed E-state index contributed by atoms with van der Waals surface area (Å²) in [5.74, 6) is 0. The van der Waals surface area contributed by atoms with Gasteiger partial charge in [0.1, 0.15) is 0 Å². The van der Waals surface area contributed by atoms with Gasteiger partial charge in [0.25, 0.3) is 0 Å². The Balaban J connectivity index is 2.02. The van der Waals surface area contributed by atoms with Gasteiger partial charge >= 0.3 is 0 Å². The van der Waals surface area contributed by atoms with Crippen LogP contribution in [0.4, 0.5) is 0 Å². The molecule has 1 saturated heterocycles. The Hall–Kier alpha value is -0.120. The molecule has 0 aliphatic carbocycles. The Morgan fingerprint density at radius 2 is 1.85 bits per heavy atom. The molecule has 1 aliphatic rings. The van der Waals surface area contributed by atoms with Crippen molar-refractivity contribution < 1.29 is 0 Å². The van der Waals surface area contributed by atoms with Crippen molar-refractivity contribution in [3.8, 4) is 0 Å². The number of rotatable bonds is 4. The van der Waals surface area contributed by atoms with E-state index in [0.717, 1.165) is 6.54 Å². The van der Waals surface area contributed by atoms with E-state index in [0.29, 0.717) is 0 Å². The molecule has 0 spiro atoms. The molecule has 3 nitrogen and oxygen atoms in total. The summed E-state index contributed by atoms with van der Waals surface area (Å²) < 4.78 is 0. The third-order valence-corrected chi connectivity index (χ3v) is 2.58. The van der Waals surface area contributed by atoms with Gasteiger partial charge in [-0.3, -0.25) is 0 Å². The standard InChI is InChI=1S/C10H21N3/c1-11(2)5-4-6-13-9-7-12(3)8-10-13/h1H,4-10H2,2-3H3. The third-order valence-electron chi connectivity index (χ3n) is 2.58. The van der Waals surface area contributed by atoms with Crippen LogP contribution in [-0.2, 0) is 0 Å². The van der Waals surface area contributed by atoms with E-state index in [9.17, 15) is 0 Å². The number of nitrogens with zero attached hydrogens (tertiary/aromatic N) is 3. The van der Waals surface area contributed by atoms with Crippen LogP contribution < -0.4 is 0 Å². The average molecular weight is 183 g/mol. The lowest BCUT2D eigenvalue weighted by molar-refractivity contribution is 0.150. The molecule has 1 rings (SSSR count). The predicted molar refractivity (Wildman–Crippen MR) is 55.5 cm³/mol. The lowest BCUT2D eigenvalue weighted by Crippen LogP contribution is -2.45. The fourth-order valence-electron chi connectivity index (χ4n) is 1.62. The molecule has 0 atom stereocenters. The van der Waals surface area contributed by atoms with Gasteiger partial charge in [-0.1, -0.05) is 0 Å². The zero-order valence-electron chi connectivity index (χ0n) is 8.87. The highest BCUT2D eigenvalue weighted by molar-refractivity contribution is 4.69. The molecule has 2 radical (unpaired) electrons. The minimum Gasteiger partial charge on any atom is -0.304 e. The van der Waals surface area contributed by atoms with Crippen LogP contribution in [0.1, 0.15) is 6.42 Å². The van der Waals surface area contributed by atoms with Crippen LogP contribution in [0.3, 0.4) is 0 Å². The van der Waals surface area contributed by atoms with E-state index in [1.165, 1.54) is 39.1 Å². The highest BCUT2D eigenvalue weighted by Gasteiger charge is 2.12. The van der Waals surface area contributed by atoms with Crippen molar-refractivity contribution in [3.05, 3.63) is 7.05 Å². The molecule has 0 bridgehead atoms. The fourth-order valence-corrected chi connectivity index (χ4v) is 1.62. The van der Waals surface area contributed by atoms with Crippen LogP contribution in [-0.4, -0.2) is 68.1 Å². The molecule has 1 fully saturated rings. The highest BCUT2D eigenvalue weighted by atomic mass is 15.2. The maximum atomic E-state index is 5.54. The molecule has 76 valence electrons. The van der Waals surface area contributed by atoms with Crippen molar-refractivity contribution in [2.45, 2.75) is 6.42 Å². The van der Waals surface area contributed by atoms with Crippen LogP contribution in [0, 0.1) is 7.05 Å². The summed E-state index contributed by atoms with van der Waals surface area (Å²) in [6.45, 7) is 7.02. The molecule has 1 heterocycles. The van der Waals surface area contributed by atoms with E-state index in [4.69, 9.17) is 7.05 Å². The van der Waals surface area contributed by atoms with Gasteiger partial charge in [0.2, 0.25) is 0 Å². The zero-order valence-corrected chi connectivity index (χ0v) is 8.87. The van der Waals surface area contributed by atoms with Crippen LogP contribution in [0.25, 0.3) is 0 Å². The first kappa shape index (κ1) is 11.0. The van der Waals surface area contributed by atoms with Crippen molar-refractivity contribution in [1.82, 2.24) is 14.7 Å². The minimum atomic E-state index is 0.992. The summed E-state index contributed by atoms with van der Waals surface area (Å²) in [7, 11) is 9.64. The second kappa shape index (κ2) is 5.58. The van der Waals surface area contributed by atoms with E-state index in [-0.39, 0.29) is 0 Å². The lowest BCUT2D eigenvalue weighted by atomic mass is 10.3. The molecule has 0 N–H and O–H groups in total. The van der Waals surface area contributed by atoms with Crippen molar-refractivity contribution in [2.24, 2.45) is 0 Å². The van der Waals surface area contributed by atoms with Gasteiger partial charge in [-0.2, -0.15) is 0 Å². The second-order valence-electron chi connectivity index (χ2n) is 3.98. The molecule has 0 aromatic heterocycles. The second-order valence-corrected chi connectivity index (χ2v) is 3.98. The molecule has 3 heteroatoms. The molecule has 0 saturated carbocycles. The summed E-state index contributed by atoms with van der Waals surface area (Å²) in [4.78, 5) is 6.66. The van der Waals surface area contributed by atoms with E-state index in [2.05, 4.69) is 16.8 Å². The molecular weight excluding hydrogens is 162 g/mol. The van der Waals surface area contributed by atoms with Crippen molar-refractivity contribution >= 4 is 0 Å². The zero-order chi connectivity index (χ0) is 9.68. The smallest absolute Gasteiger partial charge is 0.0435 e. The Labute approximate surface area is 82.3 Å². The van der Waals surface area contributed by atoms with Crippen LogP contribution in [0.15, 0.2) is 0 Å². The number of piperazine rings is 1. The first-order chi connectivity index (χ1) is 6.18. The normalized spacial score (nSPS) is 21.2. The highest BCUT2D eigenvalue weighted by Crippen LogP contribution is 2.00. The monoisotopic (exact) mass is 183 g/mol. The fraction of sp³-hybridized carbons (Fsp3) is 0.900. The molecule has 0 aromatic rings. The minimum absolute atomic E-state index is 0.992. The lowest BCUT2D eigenvalue weighted by Gasteiger charge is -2.32. The van der Waals surface area contributed by atoms with Gasteiger partial charge in [0, 0.05) is 33.2 Å². The Morgan fingerprint density at radius 1 is 1.23 bits per heavy atom. The molecule has 1 aliphatic heterocycles. The van der Waals surface area contributed by atoms with Crippen molar-refractivity contribution in [3.63, 3.8) is 0 Å². The Bertz CT molecular complexity index is 128. The maximum absolute atomic E-state index is 5.54. The van der Waals surface area contributed by atoms with Crippen molar-refractivity contribution in [1.29, 1.82) is 0 Å². The maximum Gasteiger partial charge on any atom is 0.0435 e. The van der Waals surface area contributed by atoms with Crippen LogP contribution >= 0.6 is 0 Å². The van der Waals surface area contributed by atoms with E-state index < -0.39 is 0 Å². The Morgan fingerprint density at radius 3 is 2.38 bits per heavy atom. The third kappa shape index (κ3) is 4.60. The van der Waals surface area contributed by atoms with Crippen molar-refractivity contribution in [2.75, 3.05) is 53.4 Å². The van der Waals surface area contributed by atoms with Gasteiger partial charge < -0.3 is 14.7 Å². The number of hydrogen-bond donors (Lipinski definition) is 0. The largest absolute Gasteiger partial charge is 0.304 e. The first-order valence-electron chi connectivity index (χ1n) is 5.05. The molecule has 0 aromatic carbocycles. The van der Waals surface area contributed by atoms with Gasteiger partial charge in [-0.15, -0.1) is 0 Å². The molecule has 13 heavy (non-hydrogen) atoms. The Kier molecular flexibility index (Phi) is 4.70.